The van der Waals surface area contributed by atoms with Crippen LogP contribution in [0.3, 0.4) is 0 Å². The first kappa shape index (κ1) is 15.5. The number of cyclic esters (lactones) is 1. The first-order chi connectivity index (χ1) is 8.93. The minimum Gasteiger partial charge on any atom is -0.461 e. The van der Waals surface area contributed by atoms with Gasteiger partial charge in [0.2, 0.25) is 6.10 Å². The van der Waals surface area contributed by atoms with E-state index in [2.05, 4.69) is 8.92 Å². The van der Waals surface area contributed by atoms with Crippen LogP contribution in [0.1, 0.15) is 13.8 Å². The number of alkyl halides is 3. The fourth-order valence-electron chi connectivity index (χ4n) is 1.91. The van der Waals surface area contributed by atoms with E-state index in [1.54, 1.807) is 0 Å². The van der Waals surface area contributed by atoms with Gasteiger partial charge in [-0.3, -0.25) is 0 Å². The van der Waals surface area contributed by atoms with Crippen LogP contribution in [0.25, 0.3) is 0 Å². The third kappa shape index (κ3) is 2.75. The van der Waals surface area contributed by atoms with Crippen molar-refractivity contribution in [2.24, 2.45) is 0 Å². The highest BCUT2D eigenvalue weighted by Crippen LogP contribution is 2.36. The van der Waals surface area contributed by atoms with E-state index < -0.39 is 45.7 Å². The normalized spacial score (nSPS) is 33.6. The van der Waals surface area contributed by atoms with Gasteiger partial charge >= 0.3 is 21.6 Å². The third-order valence-electron chi connectivity index (χ3n) is 2.66. The Labute approximate surface area is 112 Å². The molecule has 0 spiro atoms. The second-order valence-electron chi connectivity index (χ2n) is 4.69. The Bertz CT molecular complexity index is 512. The van der Waals surface area contributed by atoms with Crippen molar-refractivity contribution in [3.05, 3.63) is 0 Å². The zero-order valence-electron chi connectivity index (χ0n) is 10.3. The average molecular weight is 320 g/mol. The largest absolute Gasteiger partial charge is 0.523 e. The molecule has 0 aromatic heterocycles. The van der Waals surface area contributed by atoms with Crippen molar-refractivity contribution in [1.29, 1.82) is 0 Å². The van der Waals surface area contributed by atoms with Crippen LogP contribution >= 0.6 is 0 Å². The standard InChI is InChI=1S/C9H11F3O7S/c1-8(2)17-4-3-16-7(13)6(5(4)18-8)19-20(14,15)9(10,11)12/h4-6H,3H2,1-2H3/t4-,5-,6+/m1/s1. The maximum absolute atomic E-state index is 12.3. The summed E-state index contributed by atoms with van der Waals surface area (Å²) in [6.07, 6.45) is -4.23. The smallest absolute Gasteiger partial charge is 0.461 e. The van der Waals surface area contributed by atoms with Gasteiger partial charge in [0.25, 0.3) is 0 Å². The zero-order valence-corrected chi connectivity index (χ0v) is 11.2. The summed E-state index contributed by atoms with van der Waals surface area (Å²) < 4.78 is 77.7. The van der Waals surface area contributed by atoms with Gasteiger partial charge in [-0.1, -0.05) is 0 Å². The Balaban J connectivity index is 2.24. The Kier molecular flexibility index (Phi) is 3.52. The molecule has 2 fully saturated rings. The molecule has 116 valence electrons. The summed E-state index contributed by atoms with van der Waals surface area (Å²) in [5, 5.41) is 0. The maximum Gasteiger partial charge on any atom is 0.523 e. The molecular formula is C9H11F3O7S. The first-order valence-electron chi connectivity index (χ1n) is 5.45. The summed E-state index contributed by atoms with van der Waals surface area (Å²) in [5.41, 5.74) is -5.64. The molecule has 2 rings (SSSR count). The molecule has 0 saturated carbocycles. The summed E-state index contributed by atoms with van der Waals surface area (Å²) in [4.78, 5) is 11.4. The van der Waals surface area contributed by atoms with Crippen molar-refractivity contribution in [3.63, 3.8) is 0 Å². The van der Waals surface area contributed by atoms with E-state index in [4.69, 9.17) is 9.47 Å². The predicted octanol–water partition coefficient (Wildman–Crippen LogP) is 0.298. The molecule has 11 heteroatoms. The van der Waals surface area contributed by atoms with Gasteiger partial charge in [0, 0.05) is 0 Å². The van der Waals surface area contributed by atoms with Crippen LogP contribution in [0.4, 0.5) is 13.2 Å². The number of fused-ring (bicyclic) bond motifs is 1. The second-order valence-corrected chi connectivity index (χ2v) is 6.25. The van der Waals surface area contributed by atoms with Gasteiger partial charge in [-0.05, 0) is 13.8 Å². The van der Waals surface area contributed by atoms with Crippen molar-refractivity contribution in [2.75, 3.05) is 6.61 Å². The van der Waals surface area contributed by atoms with E-state index in [1.165, 1.54) is 13.8 Å². The van der Waals surface area contributed by atoms with E-state index in [0.717, 1.165) is 0 Å². The molecule has 0 radical (unpaired) electrons. The SMILES string of the molecule is CC1(C)O[C@H]2[C@H](OS(=O)(=O)C(F)(F)F)C(=O)OC[C@H]2O1. The Morgan fingerprint density at radius 2 is 1.90 bits per heavy atom. The first-order valence-corrected chi connectivity index (χ1v) is 6.86. The summed E-state index contributed by atoms with van der Waals surface area (Å²) in [5.74, 6) is -2.44. The summed E-state index contributed by atoms with van der Waals surface area (Å²) in [6.45, 7) is 2.68. The Morgan fingerprint density at radius 1 is 1.30 bits per heavy atom. The highest BCUT2D eigenvalue weighted by Gasteiger charge is 2.57. The lowest BCUT2D eigenvalue weighted by Gasteiger charge is -2.29. The highest BCUT2D eigenvalue weighted by atomic mass is 32.2. The molecule has 0 aromatic carbocycles. The number of esters is 1. The lowest BCUT2D eigenvalue weighted by Crippen LogP contribution is -2.52. The van der Waals surface area contributed by atoms with Gasteiger partial charge in [-0.2, -0.15) is 21.6 Å². The zero-order chi connectivity index (χ0) is 15.3. The number of hydrogen-bond acceptors (Lipinski definition) is 7. The van der Waals surface area contributed by atoms with Crippen LogP contribution in [-0.2, 0) is 33.3 Å². The third-order valence-corrected chi connectivity index (χ3v) is 3.68. The van der Waals surface area contributed by atoms with Gasteiger partial charge in [-0.25, -0.2) is 8.98 Å². The molecule has 0 aromatic rings. The molecule has 7 nitrogen and oxygen atoms in total. The molecule has 3 atom stereocenters. The predicted molar refractivity (Wildman–Crippen MR) is 54.6 cm³/mol. The van der Waals surface area contributed by atoms with E-state index in [-0.39, 0.29) is 6.61 Å². The molecule has 2 aliphatic rings. The Morgan fingerprint density at radius 3 is 2.45 bits per heavy atom. The lowest BCUT2D eigenvalue weighted by atomic mass is 10.1. The van der Waals surface area contributed by atoms with Gasteiger partial charge in [0.05, 0.1) is 0 Å². The van der Waals surface area contributed by atoms with Gasteiger partial charge in [0.15, 0.2) is 5.79 Å². The van der Waals surface area contributed by atoms with Crippen molar-refractivity contribution in [2.45, 2.75) is 43.5 Å². The molecule has 0 unspecified atom stereocenters. The lowest BCUT2D eigenvalue weighted by molar-refractivity contribution is -0.172. The summed E-state index contributed by atoms with van der Waals surface area (Å²) >= 11 is 0. The molecular weight excluding hydrogens is 309 g/mol. The molecule has 0 N–H and O–H groups in total. The topological polar surface area (TPSA) is 88.1 Å². The van der Waals surface area contributed by atoms with Crippen LogP contribution in [0.2, 0.25) is 0 Å². The van der Waals surface area contributed by atoms with Gasteiger partial charge < -0.3 is 14.2 Å². The molecule has 2 heterocycles. The number of rotatable bonds is 2. The quantitative estimate of drug-likeness (QED) is 0.411. The molecule has 0 aliphatic carbocycles. The van der Waals surface area contributed by atoms with E-state index in [0.29, 0.717) is 0 Å². The van der Waals surface area contributed by atoms with Crippen LogP contribution in [0.5, 0.6) is 0 Å². The molecule has 0 amide bonds. The molecule has 20 heavy (non-hydrogen) atoms. The minimum atomic E-state index is -5.94. The van der Waals surface area contributed by atoms with Crippen molar-refractivity contribution < 1.29 is 44.8 Å². The van der Waals surface area contributed by atoms with E-state index in [1.807, 2.05) is 0 Å². The van der Waals surface area contributed by atoms with Crippen molar-refractivity contribution >= 4 is 16.1 Å². The number of carbonyl (C=O) groups excluding carboxylic acids is 1. The van der Waals surface area contributed by atoms with Gasteiger partial charge in [0.1, 0.15) is 18.8 Å². The average Bonchev–Trinajstić information content (AvgIpc) is 2.56. The van der Waals surface area contributed by atoms with E-state index in [9.17, 15) is 26.4 Å². The fraction of sp³-hybridized carbons (Fsp3) is 0.889. The van der Waals surface area contributed by atoms with Crippen LogP contribution in [0.15, 0.2) is 0 Å². The highest BCUT2D eigenvalue weighted by molar-refractivity contribution is 7.87. The second kappa shape index (κ2) is 4.55. The number of carbonyl (C=O) groups is 1. The van der Waals surface area contributed by atoms with Crippen LogP contribution in [0, 0.1) is 0 Å². The van der Waals surface area contributed by atoms with Crippen LogP contribution < -0.4 is 0 Å². The monoisotopic (exact) mass is 320 g/mol. The number of ether oxygens (including phenoxy) is 3. The minimum absolute atomic E-state index is 0.251. The van der Waals surface area contributed by atoms with Crippen LogP contribution in [-0.4, -0.2) is 50.6 Å². The van der Waals surface area contributed by atoms with Crippen molar-refractivity contribution in [1.82, 2.24) is 0 Å². The fourth-order valence-corrected chi connectivity index (χ4v) is 2.48. The maximum atomic E-state index is 12.3. The number of hydrogen-bond donors (Lipinski definition) is 0. The number of halogens is 3. The summed E-state index contributed by atoms with van der Waals surface area (Å²) in [6, 6.07) is 0. The summed E-state index contributed by atoms with van der Waals surface area (Å²) in [7, 11) is -5.94. The van der Waals surface area contributed by atoms with Crippen molar-refractivity contribution in [3.8, 4) is 0 Å². The van der Waals surface area contributed by atoms with E-state index >= 15 is 0 Å². The molecule has 2 aliphatic heterocycles. The molecule has 2 saturated heterocycles. The van der Waals surface area contributed by atoms with Gasteiger partial charge in [-0.15, -0.1) is 0 Å². The molecule has 0 bridgehead atoms. The Hall–Kier alpha value is -0.910.